The standard InChI is InChI=1S/C25H24N4O5/c1-15-27-20-14-26-10-9-19(20)25(31)29(15)18-7-5-17(6-8-18)28-23(30)13-16-11-21(32-2)24(34-4)22(12-16)33-3/h5-12,14H,13H2,1-4H3,(H,28,30). The van der Waals surface area contributed by atoms with Crippen molar-refractivity contribution in [1.82, 2.24) is 14.5 Å². The van der Waals surface area contributed by atoms with Gasteiger partial charge < -0.3 is 19.5 Å². The average molecular weight is 460 g/mol. The lowest BCUT2D eigenvalue weighted by Gasteiger charge is -2.14. The van der Waals surface area contributed by atoms with Crippen molar-refractivity contribution >= 4 is 22.5 Å². The molecule has 0 spiro atoms. The zero-order valence-corrected chi connectivity index (χ0v) is 19.3. The maximum absolute atomic E-state index is 13.0. The van der Waals surface area contributed by atoms with Gasteiger partial charge in [0.1, 0.15) is 5.82 Å². The maximum Gasteiger partial charge on any atom is 0.266 e. The van der Waals surface area contributed by atoms with E-state index in [1.807, 2.05) is 0 Å². The van der Waals surface area contributed by atoms with Crippen molar-refractivity contribution in [3.05, 3.63) is 76.6 Å². The van der Waals surface area contributed by atoms with Gasteiger partial charge in [-0.2, -0.15) is 0 Å². The molecule has 34 heavy (non-hydrogen) atoms. The van der Waals surface area contributed by atoms with Crippen LogP contribution in [-0.4, -0.2) is 41.8 Å². The Kier molecular flexibility index (Phi) is 6.44. The van der Waals surface area contributed by atoms with Crippen LogP contribution in [0.4, 0.5) is 5.69 Å². The van der Waals surface area contributed by atoms with Gasteiger partial charge in [0, 0.05) is 11.9 Å². The first-order valence-electron chi connectivity index (χ1n) is 10.5. The molecule has 0 aliphatic carbocycles. The van der Waals surface area contributed by atoms with Crippen molar-refractivity contribution < 1.29 is 19.0 Å². The van der Waals surface area contributed by atoms with Crippen molar-refractivity contribution in [2.75, 3.05) is 26.6 Å². The van der Waals surface area contributed by atoms with Crippen LogP contribution in [0.25, 0.3) is 16.6 Å². The number of rotatable bonds is 7. The molecule has 9 heteroatoms. The molecule has 0 fully saturated rings. The van der Waals surface area contributed by atoms with Gasteiger partial charge in [-0.25, -0.2) is 4.98 Å². The minimum Gasteiger partial charge on any atom is -0.493 e. The number of nitrogens with one attached hydrogen (secondary N) is 1. The summed E-state index contributed by atoms with van der Waals surface area (Å²) in [5.41, 5.74) is 2.34. The lowest BCUT2D eigenvalue weighted by Crippen LogP contribution is -2.22. The second-order valence-corrected chi connectivity index (χ2v) is 7.50. The van der Waals surface area contributed by atoms with Crippen LogP contribution in [0, 0.1) is 6.92 Å². The van der Waals surface area contributed by atoms with Gasteiger partial charge in [0.25, 0.3) is 5.56 Å². The zero-order valence-electron chi connectivity index (χ0n) is 19.3. The number of fused-ring (bicyclic) bond motifs is 1. The van der Waals surface area contributed by atoms with Crippen molar-refractivity contribution in [2.45, 2.75) is 13.3 Å². The molecule has 2 aromatic carbocycles. The van der Waals surface area contributed by atoms with Gasteiger partial charge in [-0.05, 0) is 55.0 Å². The van der Waals surface area contributed by atoms with E-state index in [0.717, 1.165) is 0 Å². The summed E-state index contributed by atoms with van der Waals surface area (Å²) in [5.74, 6) is 1.76. The molecule has 174 valence electrons. The summed E-state index contributed by atoms with van der Waals surface area (Å²) in [5, 5.41) is 3.36. The van der Waals surface area contributed by atoms with E-state index in [1.165, 1.54) is 25.9 Å². The largest absolute Gasteiger partial charge is 0.493 e. The Balaban J connectivity index is 1.53. The number of hydrogen-bond donors (Lipinski definition) is 1. The Bertz CT molecular complexity index is 1390. The normalized spacial score (nSPS) is 10.7. The Labute approximate surface area is 195 Å². The van der Waals surface area contributed by atoms with Crippen LogP contribution >= 0.6 is 0 Å². The summed E-state index contributed by atoms with van der Waals surface area (Å²) >= 11 is 0. The fourth-order valence-electron chi connectivity index (χ4n) is 3.77. The molecule has 0 bridgehead atoms. The number of methoxy groups -OCH3 is 3. The Morgan fingerprint density at radius 2 is 1.68 bits per heavy atom. The van der Waals surface area contributed by atoms with E-state index in [1.54, 1.807) is 61.8 Å². The molecule has 0 aliphatic rings. The van der Waals surface area contributed by atoms with E-state index in [2.05, 4.69) is 15.3 Å². The van der Waals surface area contributed by atoms with Crippen molar-refractivity contribution in [1.29, 1.82) is 0 Å². The minimum atomic E-state index is -0.213. The molecule has 2 aromatic heterocycles. The molecule has 0 aliphatic heterocycles. The van der Waals surface area contributed by atoms with E-state index in [4.69, 9.17) is 14.2 Å². The van der Waals surface area contributed by atoms with Crippen molar-refractivity contribution in [2.24, 2.45) is 0 Å². The van der Waals surface area contributed by atoms with E-state index in [9.17, 15) is 9.59 Å². The highest BCUT2D eigenvalue weighted by Gasteiger charge is 2.15. The molecule has 4 aromatic rings. The van der Waals surface area contributed by atoms with Gasteiger partial charge >= 0.3 is 0 Å². The number of amides is 1. The number of benzene rings is 2. The molecule has 1 N–H and O–H groups in total. The molecule has 2 heterocycles. The van der Waals surface area contributed by atoms with Crippen molar-refractivity contribution in [3.8, 4) is 22.9 Å². The molecule has 1 amide bonds. The highest BCUT2D eigenvalue weighted by Crippen LogP contribution is 2.38. The predicted octanol–water partition coefficient (Wildman–Crippen LogP) is 3.30. The number of pyridine rings is 1. The first kappa shape index (κ1) is 22.8. The zero-order chi connectivity index (χ0) is 24.2. The fraction of sp³-hybridized carbons (Fsp3) is 0.200. The lowest BCUT2D eigenvalue weighted by atomic mass is 10.1. The van der Waals surface area contributed by atoms with Crippen LogP contribution in [0.15, 0.2) is 59.7 Å². The van der Waals surface area contributed by atoms with Gasteiger partial charge in [-0.3, -0.25) is 19.1 Å². The Morgan fingerprint density at radius 3 is 2.29 bits per heavy atom. The van der Waals surface area contributed by atoms with E-state index < -0.39 is 0 Å². The topological polar surface area (TPSA) is 105 Å². The summed E-state index contributed by atoms with van der Waals surface area (Å²) in [6.07, 6.45) is 3.25. The lowest BCUT2D eigenvalue weighted by molar-refractivity contribution is -0.115. The van der Waals surface area contributed by atoms with Crippen LogP contribution in [-0.2, 0) is 11.2 Å². The minimum absolute atomic E-state index is 0.111. The summed E-state index contributed by atoms with van der Waals surface area (Å²) in [6.45, 7) is 1.76. The first-order valence-corrected chi connectivity index (χ1v) is 10.5. The van der Waals surface area contributed by atoms with Crippen LogP contribution in [0.3, 0.4) is 0 Å². The summed E-state index contributed by atoms with van der Waals surface area (Å²) in [6, 6.07) is 12.1. The van der Waals surface area contributed by atoms with Crippen LogP contribution in [0.5, 0.6) is 17.2 Å². The smallest absolute Gasteiger partial charge is 0.266 e. The van der Waals surface area contributed by atoms with Crippen LogP contribution in [0.2, 0.25) is 0 Å². The van der Waals surface area contributed by atoms with Gasteiger partial charge in [0.05, 0.1) is 50.5 Å². The molecule has 0 unspecified atom stereocenters. The number of carbonyl (C=O) groups is 1. The quantitative estimate of drug-likeness (QED) is 0.451. The number of nitrogens with zero attached hydrogens (tertiary/aromatic N) is 3. The Morgan fingerprint density at radius 1 is 1.00 bits per heavy atom. The molecule has 4 rings (SSSR count). The van der Waals surface area contributed by atoms with Crippen LogP contribution in [0.1, 0.15) is 11.4 Å². The summed E-state index contributed by atoms with van der Waals surface area (Å²) < 4.78 is 17.5. The number of aryl methyl sites for hydroxylation is 1. The molecular formula is C25H24N4O5. The van der Waals surface area contributed by atoms with E-state index >= 15 is 0 Å². The number of ether oxygens (including phenoxy) is 3. The van der Waals surface area contributed by atoms with Gasteiger partial charge in [-0.15, -0.1) is 0 Å². The SMILES string of the molecule is COc1cc(CC(=O)Nc2ccc(-n3c(C)nc4cnccc4c3=O)cc2)cc(OC)c1OC. The molecule has 9 nitrogen and oxygen atoms in total. The average Bonchev–Trinajstić information content (AvgIpc) is 2.84. The highest BCUT2D eigenvalue weighted by atomic mass is 16.5. The van der Waals surface area contributed by atoms with Gasteiger partial charge in [0.2, 0.25) is 11.7 Å². The summed E-state index contributed by atoms with van der Waals surface area (Å²) in [7, 11) is 4.58. The number of aromatic nitrogens is 3. The molecule has 0 saturated heterocycles. The molecular weight excluding hydrogens is 436 g/mol. The van der Waals surface area contributed by atoms with Gasteiger partial charge in [-0.1, -0.05) is 0 Å². The number of anilines is 1. The molecule has 0 atom stereocenters. The molecule has 0 saturated carbocycles. The van der Waals surface area contributed by atoms with E-state index in [0.29, 0.717) is 50.9 Å². The summed E-state index contributed by atoms with van der Waals surface area (Å²) in [4.78, 5) is 34.1. The second kappa shape index (κ2) is 9.62. The number of hydrogen-bond acceptors (Lipinski definition) is 7. The molecule has 0 radical (unpaired) electrons. The second-order valence-electron chi connectivity index (χ2n) is 7.50. The highest BCUT2D eigenvalue weighted by molar-refractivity contribution is 5.92. The third-order valence-corrected chi connectivity index (χ3v) is 5.34. The third-order valence-electron chi connectivity index (χ3n) is 5.34. The monoisotopic (exact) mass is 460 g/mol. The third kappa shape index (κ3) is 4.40. The van der Waals surface area contributed by atoms with Gasteiger partial charge in [0.15, 0.2) is 11.5 Å². The number of carbonyl (C=O) groups excluding carboxylic acids is 1. The fourth-order valence-corrected chi connectivity index (χ4v) is 3.77. The first-order chi connectivity index (χ1) is 16.4. The van der Waals surface area contributed by atoms with E-state index in [-0.39, 0.29) is 17.9 Å². The predicted molar refractivity (Wildman–Crippen MR) is 128 cm³/mol. The Hall–Kier alpha value is -4.40. The van der Waals surface area contributed by atoms with Crippen LogP contribution < -0.4 is 25.1 Å². The van der Waals surface area contributed by atoms with Crippen molar-refractivity contribution in [3.63, 3.8) is 0 Å². The maximum atomic E-state index is 13.0.